The van der Waals surface area contributed by atoms with Crippen molar-refractivity contribution in [2.45, 2.75) is 38.3 Å². The molecule has 2 aromatic rings. The molecular formula is C17H21NO2. The van der Waals surface area contributed by atoms with Crippen LogP contribution in [0.1, 0.15) is 36.3 Å². The van der Waals surface area contributed by atoms with Crippen molar-refractivity contribution in [3.63, 3.8) is 0 Å². The summed E-state index contributed by atoms with van der Waals surface area (Å²) in [6, 6.07) is 11.2. The van der Waals surface area contributed by atoms with E-state index in [0.717, 1.165) is 30.8 Å². The Morgan fingerprint density at radius 1 is 1.40 bits per heavy atom. The van der Waals surface area contributed by atoms with Gasteiger partial charge in [0.25, 0.3) is 0 Å². The van der Waals surface area contributed by atoms with Gasteiger partial charge in [0.1, 0.15) is 11.5 Å². The number of furan rings is 1. The van der Waals surface area contributed by atoms with Gasteiger partial charge in [0.15, 0.2) is 0 Å². The maximum atomic E-state index is 5.41. The van der Waals surface area contributed by atoms with Gasteiger partial charge in [-0.2, -0.15) is 0 Å². The van der Waals surface area contributed by atoms with E-state index in [4.69, 9.17) is 9.15 Å². The molecule has 0 amide bonds. The lowest BCUT2D eigenvalue weighted by Gasteiger charge is -2.20. The minimum atomic E-state index is 0.392. The van der Waals surface area contributed by atoms with Crippen molar-refractivity contribution in [3.8, 4) is 5.75 Å². The Balaban J connectivity index is 1.68. The largest absolute Gasteiger partial charge is 0.497 e. The fraction of sp³-hybridized carbons (Fsp3) is 0.412. The van der Waals surface area contributed by atoms with Crippen LogP contribution in [0.2, 0.25) is 0 Å². The molecule has 106 valence electrons. The lowest BCUT2D eigenvalue weighted by atomic mass is 10.1. The minimum Gasteiger partial charge on any atom is -0.497 e. The van der Waals surface area contributed by atoms with Gasteiger partial charge in [-0.25, -0.2) is 0 Å². The molecule has 0 aliphatic heterocycles. The number of methoxy groups -OCH3 is 1. The maximum Gasteiger partial charge on any atom is 0.119 e. The van der Waals surface area contributed by atoms with Crippen LogP contribution in [0.4, 0.5) is 0 Å². The Morgan fingerprint density at radius 3 is 3.05 bits per heavy atom. The van der Waals surface area contributed by atoms with Gasteiger partial charge >= 0.3 is 0 Å². The molecule has 1 aromatic carbocycles. The molecular weight excluding hydrogens is 250 g/mol. The maximum absolute atomic E-state index is 5.41. The van der Waals surface area contributed by atoms with Gasteiger partial charge in [-0.15, -0.1) is 0 Å². The van der Waals surface area contributed by atoms with E-state index < -0.39 is 0 Å². The molecule has 0 fully saturated rings. The van der Waals surface area contributed by atoms with E-state index in [1.807, 2.05) is 18.2 Å². The van der Waals surface area contributed by atoms with Crippen LogP contribution in [0, 0.1) is 0 Å². The number of benzene rings is 1. The molecule has 0 radical (unpaired) electrons. The second kappa shape index (κ2) is 5.71. The molecule has 2 atom stereocenters. The molecule has 1 aliphatic rings. The molecule has 3 heteroatoms. The molecule has 0 saturated heterocycles. The summed E-state index contributed by atoms with van der Waals surface area (Å²) < 4.78 is 10.7. The van der Waals surface area contributed by atoms with Gasteiger partial charge in [-0.1, -0.05) is 6.07 Å². The number of aryl methyl sites for hydroxylation is 1. The van der Waals surface area contributed by atoms with Crippen molar-refractivity contribution in [2.75, 3.05) is 7.11 Å². The van der Waals surface area contributed by atoms with Gasteiger partial charge in [0.05, 0.1) is 13.4 Å². The molecule has 3 nitrogen and oxygen atoms in total. The minimum absolute atomic E-state index is 0.392. The van der Waals surface area contributed by atoms with Gasteiger partial charge in [0.2, 0.25) is 0 Å². The van der Waals surface area contributed by atoms with E-state index in [-0.39, 0.29) is 0 Å². The monoisotopic (exact) mass is 271 g/mol. The number of fused-ring (bicyclic) bond motifs is 1. The summed E-state index contributed by atoms with van der Waals surface area (Å²) >= 11 is 0. The number of rotatable bonds is 5. The molecule has 2 unspecified atom stereocenters. The average Bonchev–Trinajstić information content (AvgIpc) is 3.08. The Bertz CT molecular complexity index is 562. The predicted molar refractivity (Wildman–Crippen MR) is 79.1 cm³/mol. The normalized spacial score (nSPS) is 18.8. The van der Waals surface area contributed by atoms with Crippen LogP contribution in [0.3, 0.4) is 0 Å². The quantitative estimate of drug-likeness (QED) is 0.904. The highest BCUT2D eigenvalue weighted by molar-refractivity contribution is 5.40. The fourth-order valence-electron chi connectivity index (χ4n) is 3.01. The van der Waals surface area contributed by atoms with Crippen LogP contribution in [0.15, 0.2) is 41.0 Å². The van der Waals surface area contributed by atoms with E-state index >= 15 is 0 Å². The summed E-state index contributed by atoms with van der Waals surface area (Å²) in [6.07, 6.45) is 4.95. The predicted octanol–water partition coefficient (Wildman–Crippen LogP) is 3.50. The third-order valence-corrected chi connectivity index (χ3v) is 4.00. The molecule has 0 saturated carbocycles. The molecule has 1 N–H and O–H groups in total. The van der Waals surface area contributed by atoms with Gasteiger partial charge in [-0.05, 0) is 55.2 Å². The van der Waals surface area contributed by atoms with Crippen molar-refractivity contribution in [1.82, 2.24) is 5.32 Å². The van der Waals surface area contributed by atoms with E-state index in [0.29, 0.717) is 12.1 Å². The standard InChI is InChI=1S/C17H21NO2/c1-12(10-15-4-3-9-20-15)18-17-8-6-13-5-7-14(19-2)11-16(13)17/h3-5,7,9,11-12,17-18H,6,8,10H2,1-2H3. The van der Waals surface area contributed by atoms with Crippen molar-refractivity contribution < 1.29 is 9.15 Å². The second-order valence-corrected chi connectivity index (χ2v) is 5.51. The van der Waals surface area contributed by atoms with Gasteiger partial charge in [-0.3, -0.25) is 0 Å². The topological polar surface area (TPSA) is 34.4 Å². The molecule has 20 heavy (non-hydrogen) atoms. The first-order chi connectivity index (χ1) is 9.76. The van der Waals surface area contributed by atoms with Crippen LogP contribution in [-0.2, 0) is 12.8 Å². The first-order valence-corrected chi connectivity index (χ1v) is 7.21. The summed E-state index contributed by atoms with van der Waals surface area (Å²) in [5, 5.41) is 3.71. The van der Waals surface area contributed by atoms with E-state index in [2.05, 4.69) is 24.4 Å². The Morgan fingerprint density at radius 2 is 2.30 bits per heavy atom. The molecule has 0 bridgehead atoms. The molecule has 0 spiro atoms. The van der Waals surface area contributed by atoms with Crippen molar-refractivity contribution >= 4 is 0 Å². The highest BCUT2D eigenvalue weighted by atomic mass is 16.5. The number of hydrogen-bond acceptors (Lipinski definition) is 3. The van der Waals surface area contributed by atoms with Crippen molar-refractivity contribution in [3.05, 3.63) is 53.5 Å². The Labute approximate surface area is 119 Å². The highest BCUT2D eigenvalue weighted by Crippen LogP contribution is 2.34. The second-order valence-electron chi connectivity index (χ2n) is 5.51. The summed E-state index contributed by atoms with van der Waals surface area (Å²) in [6.45, 7) is 2.21. The molecule has 1 aromatic heterocycles. The Hall–Kier alpha value is -1.74. The van der Waals surface area contributed by atoms with Crippen LogP contribution in [0.5, 0.6) is 5.75 Å². The zero-order valence-corrected chi connectivity index (χ0v) is 12.1. The zero-order chi connectivity index (χ0) is 13.9. The average molecular weight is 271 g/mol. The molecule has 1 aliphatic carbocycles. The lowest BCUT2D eigenvalue weighted by Crippen LogP contribution is -2.31. The number of nitrogens with one attached hydrogen (secondary N) is 1. The smallest absolute Gasteiger partial charge is 0.119 e. The molecule has 3 rings (SSSR count). The van der Waals surface area contributed by atoms with Gasteiger partial charge < -0.3 is 14.5 Å². The highest BCUT2D eigenvalue weighted by Gasteiger charge is 2.24. The van der Waals surface area contributed by atoms with E-state index in [9.17, 15) is 0 Å². The van der Waals surface area contributed by atoms with Crippen LogP contribution in [0.25, 0.3) is 0 Å². The number of hydrogen-bond donors (Lipinski definition) is 1. The lowest BCUT2D eigenvalue weighted by molar-refractivity contribution is 0.406. The first kappa shape index (κ1) is 13.3. The summed E-state index contributed by atoms with van der Waals surface area (Å²) in [5.41, 5.74) is 2.82. The summed E-state index contributed by atoms with van der Waals surface area (Å²) in [5.74, 6) is 1.98. The van der Waals surface area contributed by atoms with E-state index in [1.54, 1.807) is 13.4 Å². The SMILES string of the molecule is COc1ccc2c(c1)C(NC(C)Cc1ccco1)CC2. The van der Waals surface area contributed by atoms with Gasteiger partial charge in [0, 0.05) is 18.5 Å². The van der Waals surface area contributed by atoms with Crippen molar-refractivity contribution in [1.29, 1.82) is 0 Å². The first-order valence-electron chi connectivity index (χ1n) is 7.21. The Kier molecular flexibility index (Phi) is 3.79. The molecule has 1 heterocycles. The number of ether oxygens (including phenoxy) is 1. The zero-order valence-electron chi connectivity index (χ0n) is 12.1. The summed E-state index contributed by atoms with van der Waals surface area (Å²) in [7, 11) is 1.72. The van der Waals surface area contributed by atoms with Crippen LogP contribution < -0.4 is 10.1 Å². The van der Waals surface area contributed by atoms with E-state index in [1.165, 1.54) is 11.1 Å². The van der Waals surface area contributed by atoms with Crippen LogP contribution >= 0.6 is 0 Å². The fourth-order valence-corrected chi connectivity index (χ4v) is 3.01. The van der Waals surface area contributed by atoms with Crippen LogP contribution in [-0.4, -0.2) is 13.2 Å². The third kappa shape index (κ3) is 2.73. The third-order valence-electron chi connectivity index (χ3n) is 4.00. The summed E-state index contributed by atoms with van der Waals surface area (Å²) in [4.78, 5) is 0. The van der Waals surface area contributed by atoms with Crippen molar-refractivity contribution in [2.24, 2.45) is 0 Å².